The summed E-state index contributed by atoms with van der Waals surface area (Å²) in [5.74, 6) is 0. The molecule has 0 spiro atoms. The van der Waals surface area contributed by atoms with Crippen LogP contribution in [0.25, 0.3) is 0 Å². The van der Waals surface area contributed by atoms with E-state index in [1.807, 2.05) is 42.5 Å². The van der Waals surface area contributed by atoms with Crippen LogP contribution in [0.2, 0.25) is 5.02 Å². The van der Waals surface area contributed by atoms with Crippen LogP contribution in [0.4, 0.5) is 4.39 Å². The Bertz CT molecular complexity index is 633. The zero-order chi connectivity index (χ0) is 16.1. The summed E-state index contributed by atoms with van der Waals surface area (Å²) in [6.45, 7) is 3.24. The number of rotatable bonds is 5. The van der Waals surface area contributed by atoms with Crippen molar-refractivity contribution in [2.24, 2.45) is 0 Å². The first-order valence-electron chi connectivity index (χ1n) is 7.81. The van der Waals surface area contributed by atoms with E-state index in [0.29, 0.717) is 0 Å². The summed E-state index contributed by atoms with van der Waals surface area (Å²) in [6.07, 6.45) is 0. The molecular formula is C18H21Cl2FN2S. The lowest BCUT2D eigenvalue weighted by Gasteiger charge is -2.34. The van der Waals surface area contributed by atoms with Crippen molar-refractivity contribution in [1.82, 2.24) is 10.2 Å². The summed E-state index contributed by atoms with van der Waals surface area (Å²) in [7, 11) is 0. The summed E-state index contributed by atoms with van der Waals surface area (Å²) in [6, 6.07) is 15.7. The van der Waals surface area contributed by atoms with Gasteiger partial charge in [0.05, 0.1) is 6.04 Å². The van der Waals surface area contributed by atoms with Gasteiger partial charge in [-0.1, -0.05) is 41.6 Å². The number of alkyl halides is 1. The van der Waals surface area contributed by atoms with E-state index in [9.17, 15) is 4.39 Å². The smallest absolute Gasteiger partial charge is 0.109 e. The van der Waals surface area contributed by atoms with Crippen molar-refractivity contribution in [3.8, 4) is 0 Å². The van der Waals surface area contributed by atoms with Gasteiger partial charge in [0.15, 0.2) is 0 Å². The molecule has 1 aliphatic heterocycles. The molecule has 0 amide bonds. The van der Waals surface area contributed by atoms with E-state index in [2.05, 4.69) is 16.3 Å². The van der Waals surface area contributed by atoms with Crippen molar-refractivity contribution in [2.45, 2.75) is 15.8 Å². The summed E-state index contributed by atoms with van der Waals surface area (Å²) in [4.78, 5) is 4.45. The molecule has 2 aromatic carbocycles. The Hall–Kier alpha value is -0.780. The van der Waals surface area contributed by atoms with Crippen LogP contribution in [0.1, 0.15) is 11.6 Å². The molecule has 0 saturated carbocycles. The molecule has 1 N–H and O–H groups in total. The van der Waals surface area contributed by atoms with Gasteiger partial charge in [0.25, 0.3) is 0 Å². The molecule has 2 nitrogen and oxygen atoms in total. The van der Waals surface area contributed by atoms with Crippen molar-refractivity contribution in [3.63, 3.8) is 0 Å². The average molecular weight is 387 g/mol. The first kappa shape index (κ1) is 19.5. The van der Waals surface area contributed by atoms with Crippen LogP contribution in [0.3, 0.4) is 0 Å². The highest BCUT2D eigenvalue weighted by Gasteiger charge is 2.24. The molecule has 0 aliphatic carbocycles. The normalized spacial score (nSPS) is 16.4. The molecular weight excluding hydrogens is 366 g/mol. The van der Waals surface area contributed by atoms with Crippen molar-refractivity contribution in [3.05, 3.63) is 59.1 Å². The summed E-state index contributed by atoms with van der Waals surface area (Å²) >= 11 is 7.61. The number of nitrogens with zero attached hydrogens (tertiary/aromatic N) is 1. The molecule has 2 aromatic rings. The molecule has 1 aliphatic rings. The fourth-order valence-electron chi connectivity index (χ4n) is 2.85. The summed E-state index contributed by atoms with van der Waals surface area (Å²) in [5, 5.41) is 4.05. The third kappa shape index (κ3) is 4.87. The van der Waals surface area contributed by atoms with E-state index in [-0.39, 0.29) is 25.1 Å². The van der Waals surface area contributed by atoms with Crippen LogP contribution in [-0.4, -0.2) is 37.8 Å². The van der Waals surface area contributed by atoms with Gasteiger partial charge in [-0.25, -0.2) is 4.39 Å². The van der Waals surface area contributed by atoms with Crippen molar-refractivity contribution >= 4 is 35.8 Å². The van der Waals surface area contributed by atoms with Crippen LogP contribution in [0.15, 0.2) is 58.3 Å². The molecule has 1 saturated heterocycles. The van der Waals surface area contributed by atoms with Crippen LogP contribution in [-0.2, 0) is 0 Å². The third-order valence-corrected chi connectivity index (χ3v) is 5.41. The molecule has 0 unspecified atom stereocenters. The topological polar surface area (TPSA) is 15.3 Å². The largest absolute Gasteiger partial charge is 0.314 e. The van der Waals surface area contributed by atoms with Crippen LogP contribution in [0.5, 0.6) is 0 Å². The van der Waals surface area contributed by atoms with Gasteiger partial charge in [0.2, 0.25) is 0 Å². The fourth-order valence-corrected chi connectivity index (χ4v) is 3.97. The predicted octanol–water partition coefficient (Wildman–Crippen LogP) is 4.83. The highest BCUT2D eigenvalue weighted by atomic mass is 35.5. The van der Waals surface area contributed by atoms with Gasteiger partial charge in [-0.15, -0.1) is 12.4 Å². The molecule has 6 heteroatoms. The Morgan fingerprint density at radius 1 is 1.08 bits per heavy atom. The molecule has 130 valence electrons. The van der Waals surface area contributed by atoms with Crippen molar-refractivity contribution < 1.29 is 4.39 Å². The van der Waals surface area contributed by atoms with E-state index in [1.165, 1.54) is 0 Å². The number of nitrogens with one attached hydrogen (secondary N) is 1. The minimum atomic E-state index is -0.363. The standard InChI is InChI=1S/C18H20ClFN2S.ClH/c19-14-5-7-15(8-6-14)23-18-4-2-1-3-16(18)17(13-20)22-11-9-21-10-12-22;/h1-8,17,21H,9-13H2;1H/t17-;/m0./s1. The zero-order valence-electron chi connectivity index (χ0n) is 13.3. The molecule has 0 aromatic heterocycles. The van der Waals surface area contributed by atoms with Gasteiger partial charge in [-0.2, -0.15) is 0 Å². The lowest BCUT2D eigenvalue weighted by molar-refractivity contribution is 0.146. The average Bonchev–Trinajstić information content (AvgIpc) is 2.60. The Balaban J connectivity index is 0.00000208. The third-order valence-electron chi connectivity index (χ3n) is 4.06. The lowest BCUT2D eigenvalue weighted by atomic mass is 10.1. The Morgan fingerprint density at radius 2 is 1.75 bits per heavy atom. The van der Waals surface area contributed by atoms with Gasteiger partial charge >= 0.3 is 0 Å². The highest BCUT2D eigenvalue weighted by Crippen LogP contribution is 2.36. The Kier molecular flexibility index (Phi) is 7.85. The number of hydrogen-bond donors (Lipinski definition) is 1. The van der Waals surface area contributed by atoms with Crippen molar-refractivity contribution in [2.75, 3.05) is 32.9 Å². The van der Waals surface area contributed by atoms with Crippen LogP contribution in [0, 0.1) is 0 Å². The molecule has 1 atom stereocenters. The summed E-state index contributed by atoms with van der Waals surface area (Å²) in [5.41, 5.74) is 1.07. The van der Waals surface area contributed by atoms with Gasteiger partial charge in [-0.05, 0) is 35.9 Å². The van der Waals surface area contributed by atoms with E-state index >= 15 is 0 Å². The van der Waals surface area contributed by atoms with E-state index in [4.69, 9.17) is 11.6 Å². The number of benzene rings is 2. The molecule has 3 rings (SSSR count). The fraction of sp³-hybridized carbons (Fsp3) is 0.333. The second kappa shape index (κ2) is 9.64. The number of halogens is 3. The van der Waals surface area contributed by atoms with E-state index in [1.54, 1.807) is 11.8 Å². The van der Waals surface area contributed by atoms with Crippen molar-refractivity contribution in [1.29, 1.82) is 0 Å². The Morgan fingerprint density at radius 3 is 2.42 bits per heavy atom. The minimum absolute atomic E-state index is 0. The monoisotopic (exact) mass is 386 g/mol. The van der Waals surface area contributed by atoms with E-state index in [0.717, 1.165) is 46.6 Å². The minimum Gasteiger partial charge on any atom is -0.314 e. The highest BCUT2D eigenvalue weighted by molar-refractivity contribution is 7.99. The first-order chi connectivity index (χ1) is 11.3. The van der Waals surface area contributed by atoms with Crippen LogP contribution < -0.4 is 5.32 Å². The van der Waals surface area contributed by atoms with E-state index < -0.39 is 0 Å². The number of piperazine rings is 1. The maximum absolute atomic E-state index is 13.8. The second-order valence-corrected chi connectivity index (χ2v) is 7.10. The predicted molar refractivity (Wildman–Crippen MR) is 102 cm³/mol. The first-order valence-corrected chi connectivity index (χ1v) is 9.00. The van der Waals surface area contributed by atoms with Gasteiger partial charge in [-0.3, -0.25) is 4.90 Å². The van der Waals surface area contributed by atoms with Gasteiger partial charge in [0, 0.05) is 41.0 Å². The zero-order valence-corrected chi connectivity index (χ0v) is 15.6. The summed E-state index contributed by atoms with van der Waals surface area (Å²) < 4.78 is 13.8. The van der Waals surface area contributed by atoms with Gasteiger partial charge < -0.3 is 5.32 Å². The number of hydrogen-bond acceptors (Lipinski definition) is 3. The molecule has 0 bridgehead atoms. The second-order valence-electron chi connectivity index (χ2n) is 5.55. The molecule has 1 fully saturated rings. The maximum atomic E-state index is 13.8. The SMILES string of the molecule is Cl.FC[C@@H](c1ccccc1Sc1ccc(Cl)cc1)N1CCNCC1. The van der Waals surface area contributed by atoms with Gasteiger partial charge in [0.1, 0.15) is 6.67 Å². The molecule has 24 heavy (non-hydrogen) atoms. The van der Waals surface area contributed by atoms with Crippen LogP contribution >= 0.6 is 35.8 Å². The quantitative estimate of drug-likeness (QED) is 0.791. The molecule has 0 radical (unpaired) electrons. The molecule has 1 heterocycles. The lowest BCUT2D eigenvalue weighted by Crippen LogP contribution is -2.45. The maximum Gasteiger partial charge on any atom is 0.109 e. The Labute approximate surface area is 158 Å².